The molecular weight excluding hydrogens is 342 g/mol. The molecule has 0 saturated carbocycles. The maximum atomic E-state index is 12.6. The summed E-state index contributed by atoms with van der Waals surface area (Å²) in [6.45, 7) is 1.57. The minimum Gasteiger partial charge on any atom is -0.348 e. The van der Waals surface area contributed by atoms with E-state index in [0.717, 1.165) is 12.0 Å². The summed E-state index contributed by atoms with van der Waals surface area (Å²) >= 11 is 0. The average Bonchev–Trinajstić information content (AvgIpc) is 3.24. The minimum atomic E-state index is -0.365. The van der Waals surface area contributed by atoms with Gasteiger partial charge in [-0.05, 0) is 29.7 Å². The normalized spacial score (nSPS) is 18.4. The van der Waals surface area contributed by atoms with Gasteiger partial charge in [-0.25, -0.2) is 0 Å². The average molecular weight is 363 g/mol. The third-order valence-corrected chi connectivity index (χ3v) is 5.16. The lowest BCUT2D eigenvalue weighted by molar-refractivity contribution is -0.128. The number of amides is 3. The van der Waals surface area contributed by atoms with Gasteiger partial charge in [0.05, 0.1) is 5.92 Å². The molecule has 6 heteroatoms. The van der Waals surface area contributed by atoms with E-state index in [1.54, 1.807) is 17.0 Å². The van der Waals surface area contributed by atoms with Crippen LogP contribution in [-0.2, 0) is 22.6 Å². The summed E-state index contributed by atoms with van der Waals surface area (Å²) in [6.07, 6.45) is 1.01. The summed E-state index contributed by atoms with van der Waals surface area (Å²) in [5, 5.41) is 5.61. The van der Waals surface area contributed by atoms with Crippen LogP contribution in [0, 0.1) is 5.92 Å². The molecule has 2 aromatic carbocycles. The molecule has 1 saturated heterocycles. The van der Waals surface area contributed by atoms with Gasteiger partial charge < -0.3 is 15.5 Å². The Kier molecular flexibility index (Phi) is 4.62. The number of anilines is 1. The molecule has 1 unspecified atom stereocenters. The molecule has 4 rings (SSSR count). The van der Waals surface area contributed by atoms with Gasteiger partial charge in [0.25, 0.3) is 5.91 Å². The summed E-state index contributed by atoms with van der Waals surface area (Å²) in [7, 11) is 0. The van der Waals surface area contributed by atoms with Crippen molar-refractivity contribution in [3.05, 3.63) is 65.2 Å². The van der Waals surface area contributed by atoms with Crippen LogP contribution in [0.25, 0.3) is 0 Å². The molecule has 1 atom stereocenters. The van der Waals surface area contributed by atoms with Gasteiger partial charge in [-0.2, -0.15) is 0 Å². The van der Waals surface area contributed by atoms with Crippen LogP contribution in [0.3, 0.4) is 0 Å². The highest BCUT2D eigenvalue weighted by Crippen LogP contribution is 2.23. The van der Waals surface area contributed by atoms with Crippen molar-refractivity contribution in [2.24, 2.45) is 5.92 Å². The van der Waals surface area contributed by atoms with E-state index < -0.39 is 0 Å². The first-order valence-corrected chi connectivity index (χ1v) is 9.14. The highest BCUT2D eigenvalue weighted by atomic mass is 16.2. The monoisotopic (exact) mass is 363 g/mol. The van der Waals surface area contributed by atoms with Gasteiger partial charge in [-0.15, -0.1) is 0 Å². The predicted octanol–water partition coefficient (Wildman–Crippen LogP) is 1.96. The van der Waals surface area contributed by atoms with Crippen molar-refractivity contribution in [1.82, 2.24) is 10.2 Å². The largest absolute Gasteiger partial charge is 0.348 e. The number of nitrogens with one attached hydrogen (secondary N) is 2. The molecule has 3 amide bonds. The molecule has 27 heavy (non-hydrogen) atoms. The molecule has 2 aromatic rings. The van der Waals surface area contributed by atoms with Crippen LogP contribution in [-0.4, -0.2) is 35.7 Å². The Bertz CT molecular complexity index is 895. The minimum absolute atomic E-state index is 0.0133. The van der Waals surface area contributed by atoms with Crippen LogP contribution >= 0.6 is 0 Å². The van der Waals surface area contributed by atoms with Crippen molar-refractivity contribution in [3.8, 4) is 0 Å². The topological polar surface area (TPSA) is 78.5 Å². The molecule has 0 radical (unpaired) electrons. The summed E-state index contributed by atoms with van der Waals surface area (Å²) in [6, 6.07) is 15.3. The van der Waals surface area contributed by atoms with Crippen LogP contribution in [0.4, 0.5) is 5.69 Å². The van der Waals surface area contributed by atoms with Crippen LogP contribution in [0.15, 0.2) is 48.5 Å². The highest BCUT2D eigenvalue weighted by molar-refractivity contribution is 6.01. The van der Waals surface area contributed by atoms with E-state index in [1.807, 2.05) is 36.4 Å². The van der Waals surface area contributed by atoms with E-state index in [0.29, 0.717) is 30.9 Å². The Balaban J connectivity index is 1.35. The third kappa shape index (κ3) is 3.69. The number of hydrogen-bond donors (Lipinski definition) is 2. The summed E-state index contributed by atoms with van der Waals surface area (Å²) in [5.74, 6) is -0.650. The van der Waals surface area contributed by atoms with Gasteiger partial charge in [0, 0.05) is 37.3 Å². The van der Waals surface area contributed by atoms with Gasteiger partial charge in [0.15, 0.2) is 0 Å². The molecule has 2 N–H and O–H groups in total. The zero-order valence-corrected chi connectivity index (χ0v) is 14.9. The van der Waals surface area contributed by atoms with Crippen molar-refractivity contribution in [2.75, 3.05) is 18.4 Å². The van der Waals surface area contributed by atoms with E-state index in [2.05, 4.69) is 10.6 Å². The van der Waals surface area contributed by atoms with Gasteiger partial charge in [0.2, 0.25) is 11.8 Å². The lowest BCUT2D eigenvalue weighted by atomic mass is 10.1. The van der Waals surface area contributed by atoms with Crippen molar-refractivity contribution in [2.45, 2.75) is 19.4 Å². The van der Waals surface area contributed by atoms with Crippen LogP contribution in [0.1, 0.15) is 27.9 Å². The van der Waals surface area contributed by atoms with Crippen molar-refractivity contribution >= 4 is 23.4 Å². The molecule has 2 aliphatic rings. The zero-order valence-electron chi connectivity index (χ0n) is 14.9. The molecular formula is C21H21N3O3. The van der Waals surface area contributed by atoms with Crippen LogP contribution in [0.2, 0.25) is 0 Å². The number of carbonyl (C=O) groups excluding carboxylic acids is 3. The fraction of sp³-hybridized carbons (Fsp3) is 0.286. The standard InChI is InChI=1S/C21H21N3O3/c25-19-10-16(13-24(19)9-8-14-4-2-1-3-5-14)20(26)23-17-7-6-15-12-22-21(27)18(15)11-17/h1-7,11,16H,8-10,12-13H2,(H,22,27)(H,23,26). The zero-order chi connectivity index (χ0) is 18.8. The second kappa shape index (κ2) is 7.23. The molecule has 0 aliphatic carbocycles. The van der Waals surface area contributed by atoms with E-state index in [1.165, 1.54) is 5.56 Å². The molecule has 0 spiro atoms. The molecule has 138 valence electrons. The molecule has 6 nitrogen and oxygen atoms in total. The second-order valence-electron chi connectivity index (χ2n) is 7.02. The Morgan fingerprint density at radius 2 is 1.96 bits per heavy atom. The van der Waals surface area contributed by atoms with E-state index >= 15 is 0 Å². The maximum absolute atomic E-state index is 12.6. The first kappa shape index (κ1) is 17.3. The van der Waals surface area contributed by atoms with Crippen LogP contribution in [0.5, 0.6) is 0 Å². The van der Waals surface area contributed by atoms with E-state index in [4.69, 9.17) is 0 Å². The summed E-state index contributed by atoms with van der Waals surface area (Å²) in [5.41, 5.74) is 3.29. The smallest absolute Gasteiger partial charge is 0.251 e. The number of rotatable bonds is 5. The third-order valence-electron chi connectivity index (χ3n) is 5.16. The highest BCUT2D eigenvalue weighted by Gasteiger charge is 2.34. The Hall–Kier alpha value is -3.15. The lowest BCUT2D eigenvalue weighted by Gasteiger charge is -2.16. The Morgan fingerprint density at radius 3 is 2.78 bits per heavy atom. The molecule has 2 aliphatic heterocycles. The number of carbonyl (C=O) groups is 3. The molecule has 1 fully saturated rings. The quantitative estimate of drug-likeness (QED) is 0.852. The first-order chi connectivity index (χ1) is 13.1. The number of benzene rings is 2. The number of hydrogen-bond acceptors (Lipinski definition) is 3. The molecule has 0 bridgehead atoms. The van der Waals surface area contributed by atoms with Crippen LogP contribution < -0.4 is 10.6 Å². The number of likely N-dealkylation sites (tertiary alicyclic amines) is 1. The second-order valence-corrected chi connectivity index (χ2v) is 7.02. The number of fused-ring (bicyclic) bond motifs is 1. The Morgan fingerprint density at radius 1 is 1.15 bits per heavy atom. The van der Waals surface area contributed by atoms with E-state index in [-0.39, 0.29) is 30.1 Å². The SMILES string of the molecule is O=C1NCc2ccc(NC(=O)C3CC(=O)N(CCc4ccccc4)C3)cc21. The maximum Gasteiger partial charge on any atom is 0.251 e. The summed E-state index contributed by atoms with van der Waals surface area (Å²) < 4.78 is 0. The fourth-order valence-electron chi connectivity index (χ4n) is 3.61. The molecule has 0 aromatic heterocycles. The van der Waals surface area contributed by atoms with E-state index in [9.17, 15) is 14.4 Å². The Labute approximate surface area is 157 Å². The van der Waals surface area contributed by atoms with Crippen molar-refractivity contribution in [1.29, 1.82) is 0 Å². The van der Waals surface area contributed by atoms with Crippen molar-refractivity contribution in [3.63, 3.8) is 0 Å². The van der Waals surface area contributed by atoms with Gasteiger partial charge >= 0.3 is 0 Å². The number of nitrogens with zero attached hydrogens (tertiary/aromatic N) is 1. The molecule has 2 heterocycles. The van der Waals surface area contributed by atoms with Gasteiger partial charge in [-0.1, -0.05) is 36.4 Å². The lowest BCUT2D eigenvalue weighted by Crippen LogP contribution is -2.30. The predicted molar refractivity (Wildman–Crippen MR) is 101 cm³/mol. The first-order valence-electron chi connectivity index (χ1n) is 9.14. The van der Waals surface area contributed by atoms with Crippen molar-refractivity contribution < 1.29 is 14.4 Å². The van der Waals surface area contributed by atoms with Gasteiger partial charge in [-0.3, -0.25) is 14.4 Å². The van der Waals surface area contributed by atoms with Gasteiger partial charge in [0.1, 0.15) is 0 Å². The summed E-state index contributed by atoms with van der Waals surface area (Å²) in [4.78, 5) is 38.3. The fourth-order valence-corrected chi connectivity index (χ4v) is 3.61.